The van der Waals surface area contributed by atoms with Crippen LogP contribution < -0.4 is 0 Å². The van der Waals surface area contributed by atoms with Gasteiger partial charge >= 0.3 is 39.8 Å². The van der Waals surface area contributed by atoms with Crippen LogP contribution in [-0.2, 0) is 0 Å². The van der Waals surface area contributed by atoms with E-state index in [1.807, 2.05) is 0 Å². The van der Waals surface area contributed by atoms with E-state index in [9.17, 15) is 0 Å². The third-order valence-corrected chi connectivity index (χ3v) is 6.70. The Morgan fingerprint density at radius 1 is 0.529 bits per heavy atom. The van der Waals surface area contributed by atoms with Crippen molar-refractivity contribution in [1.82, 2.24) is 0 Å². The van der Waals surface area contributed by atoms with Crippen molar-refractivity contribution in [3.05, 3.63) is 0 Å². The van der Waals surface area contributed by atoms with Gasteiger partial charge in [-0.15, -0.1) is 0 Å². The first-order valence-corrected chi connectivity index (χ1v) is 20.1. The quantitative estimate of drug-likeness (QED) is 0.428. The van der Waals surface area contributed by atoms with Gasteiger partial charge in [-0.05, 0) is 35.9 Å². The summed E-state index contributed by atoms with van der Waals surface area (Å²) in [5.41, 5.74) is 0. The summed E-state index contributed by atoms with van der Waals surface area (Å²) in [5.74, 6) is 11.0. The molecule has 0 aliphatic carbocycles. The van der Waals surface area contributed by atoms with Gasteiger partial charge in [0.05, 0.1) is 0 Å². The molecule has 0 saturated carbocycles. The van der Waals surface area contributed by atoms with Gasteiger partial charge in [-0.1, -0.05) is 0 Å². The molecule has 0 atom stereocenters. The number of halogens is 2. The molecular weight excluding hydrogens is 481 g/mol. The standard InChI is InChI=1S/C10H20S4.Br2Ge/c1-3-11-7-9-13-5-2-6-14-10-8-12-4-1;1-3-2/h1-10H2;. The number of thioether (sulfide) groups is 4. The number of rotatable bonds is 0. The van der Waals surface area contributed by atoms with Crippen LogP contribution in [0.1, 0.15) is 12.8 Å². The van der Waals surface area contributed by atoms with E-state index in [0.717, 1.165) is 0 Å². The Morgan fingerprint density at radius 2 is 0.765 bits per heavy atom. The molecule has 0 amide bonds. The fourth-order valence-electron chi connectivity index (χ4n) is 1.17. The molecule has 2 radical (unpaired) electrons. The zero-order valence-electron chi connectivity index (χ0n) is 9.96. The van der Waals surface area contributed by atoms with Crippen LogP contribution in [0.4, 0.5) is 0 Å². The van der Waals surface area contributed by atoms with Crippen molar-refractivity contribution in [2.24, 2.45) is 0 Å². The third-order valence-electron chi connectivity index (χ3n) is 1.90. The number of hydrogen-bond donors (Lipinski definition) is 0. The van der Waals surface area contributed by atoms with Crippen molar-refractivity contribution >= 4 is 86.8 Å². The predicted molar refractivity (Wildman–Crippen MR) is 102 cm³/mol. The molecule has 17 heavy (non-hydrogen) atoms. The minimum absolute atomic E-state index is 0.125. The first-order valence-electron chi connectivity index (χ1n) is 5.69. The van der Waals surface area contributed by atoms with E-state index in [-0.39, 0.29) is 11.7 Å². The average molecular weight is 501 g/mol. The van der Waals surface area contributed by atoms with Gasteiger partial charge in [-0.2, -0.15) is 47.0 Å². The topological polar surface area (TPSA) is 0 Å². The van der Waals surface area contributed by atoms with Gasteiger partial charge in [0.25, 0.3) is 0 Å². The summed E-state index contributed by atoms with van der Waals surface area (Å²) in [6.45, 7) is 0. The SMILES string of the molecule is C1CSCCSCCCSCCSC1.[Br][Ge][Br]. The Morgan fingerprint density at radius 3 is 1.00 bits per heavy atom. The van der Waals surface area contributed by atoms with Crippen molar-refractivity contribution < 1.29 is 0 Å². The Hall–Kier alpha value is 2.90. The zero-order chi connectivity index (χ0) is 12.6. The molecule has 1 aliphatic heterocycles. The summed E-state index contributed by atoms with van der Waals surface area (Å²) in [6, 6.07) is 0. The zero-order valence-corrected chi connectivity index (χ0v) is 18.5. The molecule has 0 aromatic rings. The third kappa shape index (κ3) is 18.9. The molecule has 0 N–H and O–H groups in total. The van der Waals surface area contributed by atoms with E-state index in [1.54, 1.807) is 0 Å². The molecule has 0 spiro atoms. The fourth-order valence-corrected chi connectivity index (χ4v) is 5.63. The van der Waals surface area contributed by atoms with Crippen LogP contribution in [0.2, 0.25) is 0 Å². The van der Waals surface area contributed by atoms with Crippen LogP contribution in [0.3, 0.4) is 0 Å². The monoisotopic (exact) mass is 500 g/mol. The van der Waals surface area contributed by atoms with Gasteiger partial charge in [-0.3, -0.25) is 0 Å². The van der Waals surface area contributed by atoms with Gasteiger partial charge in [0.2, 0.25) is 0 Å². The Bertz CT molecular complexity index is 90.2. The van der Waals surface area contributed by atoms with Crippen LogP contribution in [-0.4, -0.2) is 57.8 Å². The van der Waals surface area contributed by atoms with Gasteiger partial charge in [0.15, 0.2) is 0 Å². The van der Waals surface area contributed by atoms with E-state index in [2.05, 4.69) is 75.1 Å². The predicted octanol–water partition coefficient (Wildman–Crippen LogP) is 5.02. The van der Waals surface area contributed by atoms with Crippen molar-refractivity contribution in [2.45, 2.75) is 12.8 Å². The molecule has 1 saturated heterocycles. The van der Waals surface area contributed by atoms with Gasteiger partial charge in [0.1, 0.15) is 0 Å². The Labute approximate surface area is 144 Å². The van der Waals surface area contributed by atoms with E-state index in [4.69, 9.17) is 0 Å². The van der Waals surface area contributed by atoms with E-state index in [1.165, 1.54) is 58.9 Å². The fraction of sp³-hybridized carbons (Fsp3) is 1.00. The molecule has 0 unspecified atom stereocenters. The summed E-state index contributed by atoms with van der Waals surface area (Å²) in [7, 11) is 0. The second kappa shape index (κ2) is 18.9. The van der Waals surface area contributed by atoms with Gasteiger partial charge in [-0.25, -0.2) is 0 Å². The van der Waals surface area contributed by atoms with E-state index >= 15 is 0 Å². The Kier molecular flexibility index (Phi) is 22.1. The molecule has 1 aliphatic rings. The molecule has 0 nitrogen and oxygen atoms in total. The summed E-state index contributed by atoms with van der Waals surface area (Å²) in [6.07, 6.45) is 2.81. The molecule has 1 rings (SSSR count). The first-order chi connectivity index (χ1) is 8.41. The normalized spacial score (nSPS) is 20.8. The van der Waals surface area contributed by atoms with Crippen molar-refractivity contribution in [1.29, 1.82) is 0 Å². The van der Waals surface area contributed by atoms with Crippen LogP contribution in [0, 0.1) is 0 Å². The molecule has 102 valence electrons. The second-order valence-electron chi connectivity index (χ2n) is 3.23. The molecule has 1 fully saturated rings. The second-order valence-corrected chi connectivity index (χ2v) is 18.1. The van der Waals surface area contributed by atoms with E-state index < -0.39 is 0 Å². The van der Waals surface area contributed by atoms with Crippen LogP contribution >= 0.6 is 75.1 Å². The molecular formula is C10H20Br2GeS4. The Balaban J connectivity index is 0.000000770. The average Bonchev–Trinajstić information content (AvgIpc) is 2.33. The maximum atomic E-state index is 3.19. The molecule has 7 heteroatoms. The van der Waals surface area contributed by atoms with Crippen molar-refractivity contribution in [3.63, 3.8) is 0 Å². The van der Waals surface area contributed by atoms with Crippen LogP contribution in [0.5, 0.6) is 0 Å². The maximum absolute atomic E-state index is 3.19. The van der Waals surface area contributed by atoms with E-state index in [0.29, 0.717) is 0 Å². The molecule has 0 aromatic carbocycles. The summed E-state index contributed by atoms with van der Waals surface area (Å²) in [5, 5.41) is 0. The molecule has 0 bridgehead atoms. The first kappa shape index (κ1) is 19.9. The molecule has 1 heterocycles. The van der Waals surface area contributed by atoms with Crippen molar-refractivity contribution in [3.8, 4) is 0 Å². The van der Waals surface area contributed by atoms with Crippen LogP contribution in [0.15, 0.2) is 0 Å². The van der Waals surface area contributed by atoms with Crippen molar-refractivity contribution in [2.75, 3.05) is 46.0 Å². The van der Waals surface area contributed by atoms with Gasteiger partial charge in [0, 0.05) is 23.0 Å². The summed E-state index contributed by atoms with van der Waals surface area (Å²) < 4.78 is 0. The summed E-state index contributed by atoms with van der Waals surface area (Å²) >= 11 is 15.1. The van der Waals surface area contributed by atoms with Crippen LogP contribution in [0.25, 0.3) is 0 Å². The minimum atomic E-state index is 0.125. The van der Waals surface area contributed by atoms with Gasteiger partial charge < -0.3 is 0 Å². The number of hydrogen-bond acceptors (Lipinski definition) is 4. The summed E-state index contributed by atoms with van der Waals surface area (Å²) in [4.78, 5) is 0. The molecule has 0 aromatic heterocycles.